The molecule has 0 radical (unpaired) electrons. The highest BCUT2D eigenvalue weighted by atomic mass is 16.1. The van der Waals surface area contributed by atoms with Gasteiger partial charge in [-0.3, -0.25) is 4.79 Å². The molecule has 1 saturated heterocycles. The topological polar surface area (TPSA) is 100 Å². The molecule has 0 spiro atoms. The molecule has 9 nitrogen and oxygen atoms in total. The van der Waals surface area contributed by atoms with Crippen LogP contribution in [0, 0.1) is 6.92 Å². The quantitative estimate of drug-likeness (QED) is 0.550. The van der Waals surface area contributed by atoms with E-state index in [1.165, 1.54) is 0 Å². The number of imidazole rings is 1. The van der Waals surface area contributed by atoms with Gasteiger partial charge in [-0.2, -0.15) is 5.10 Å². The zero-order valence-electron chi connectivity index (χ0n) is 16.0. The number of aromatic nitrogens is 5. The highest BCUT2D eigenvalue weighted by Gasteiger charge is 2.19. The fourth-order valence-electron chi connectivity index (χ4n) is 3.71. The second-order valence-electron chi connectivity index (χ2n) is 7.04. The monoisotopic (exact) mass is 388 g/mol. The summed E-state index contributed by atoms with van der Waals surface area (Å²) in [5.74, 6) is 0.175. The lowest BCUT2D eigenvalue weighted by Gasteiger charge is -2.30. The molecule has 9 heteroatoms. The predicted octanol–water partition coefficient (Wildman–Crippen LogP) is 1.64. The smallest absolute Gasteiger partial charge is 0.259 e. The van der Waals surface area contributed by atoms with Crippen LogP contribution in [0.5, 0.6) is 0 Å². The number of carbonyl (C=O) groups is 1. The Kier molecular flexibility index (Phi) is 4.28. The minimum absolute atomic E-state index is 0.272. The average molecular weight is 388 g/mol. The molecule has 4 aromatic rings. The van der Waals surface area contributed by atoms with Crippen LogP contribution in [-0.2, 0) is 0 Å². The SMILES string of the molecule is Cc1cn2cc(NC(=O)c3ccc(N4CCNCC4)c4ccnnc34)ncc2n1. The molecule has 1 aliphatic heterocycles. The van der Waals surface area contributed by atoms with Crippen LogP contribution < -0.4 is 15.5 Å². The van der Waals surface area contributed by atoms with E-state index in [1.54, 1.807) is 18.6 Å². The summed E-state index contributed by atoms with van der Waals surface area (Å²) < 4.78 is 1.84. The largest absolute Gasteiger partial charge is 0.368 e. The second kappa shape index (κ2) is 7.10. The molecule has 1 fully saturated rings. The number of nitrogens with zero attached hydrogens (tertiary/aromatic N) is 6. The van der Waals surface area contributed by atoms with E-state index in [0.29, 0.717) is 16.9 Å². The molecule has 1 aromatic carbocycles. The first kappa shape index (κ1) is 17.5. The van der Waals surface area contributed by atoms with Crippen molar-refractivity contribution in [2.75, 3.05) is 36.4 Å². The maximum absolute atomic E-state index is 13.0. The first-order valence-electron chi connectivity index (χ1n) is 9.52. The average Bonchev–Trinajstić information content (AvgIpc) is 3.13. The summed E-state index contributed by atoms with van der Waals surface area (Å²) >= 11 is 0. The first-order chi connectivity index (χ1) is 14.2. The van der Waals surface area contributed by atoms with E-state index in [4.69, 9.17) is 0 Å². The van der Waals surface area contributed by atoms with Gasteiger partial charge in [-0.05, 0) is 25.1 Å². The first-order valence-corrected chi connectivity index (χ1v) is 9.52. The number of nitrogens with one attached hydrogen (secondary N) is 2. The predicted molar refractivity (Wildman–Crippen MR) is 110 cm³/mol. The Morgan fingerprint density at radius 3 is 2.90 bits per heavy atom. The minimum atomic E-state index is -0.272. The van der Waals surface area contributed by atoms with Gasteiger partial charge in [-0.25, -0.2) is 9.97 Å². The van der Waals surface area contributed by atoms with Gasteiger partial charge in [0.15, 0.2) is 5.65 Å². The van der Waals surface area contributed by atoms with Gasteiger partial charge >= 0.3 is 0 Å². The molecule has 0 unspecified atom stereocenters. The van der Waals surface area contributed by atoms with Crippen molar-refractivity contribution in [1.82, 2.24) is 29.9 Å². The lowest BCUT2D eigenvalue weighted by atomic mass is 10.1. The van der Waals surface area contributed by atoms with Crippen LogP contribution in [0.15, 0.2) is 43.0 Å². The Labute approximate surface area is 166 Å². The molecule has 1 aliphatic rings. The van der Waals surface area contributed by atoms with E-state index in [-0.39, 0.29) is 5.91 Å². The number of carbonyl (C=O) groups excluding carboxylic acids is 1. The fraction of sp³-hybridized carbons (Fsp3) is 0.250. The van der Waals surface area contributed by atoms with Gasteiger partial charge in [-0.1, -0.05) is 0 Å². The number of anilines is 2. The third kappa shape index (κ3) is 3.25. The Bertz CT molecular complexity index is 1210. The van der Waals surface area contributed by atoms with E-state index >= 15 is 0 Å². The minimum Gasteiger partial charge on any atom is -0.368 e. The summed E-state index contributed by atoms with van der Waals surface area (Å²) in [5, 5.41) is 15.4. The van der Waals surface area contributed by atoms with Crippen LogP contribution in [0.1, 0.15) is 16.1 Å². The van der Waals surface area contributed by atoms with Crippen LogP contribution in [0.25, 0.3) is 16.6 Å². The van der Waals surface area contributed by atoms with Gasteiger partial charge in [-0.15, -0.1) is 5.10 Å². The number of amides is 1. The highest BCUT2D eigenvalue weighted by molar-refractivity contribution is 6.13. The summed E-state index contributed by atoms with van der Waals surface area (Å²) in [7, 11) is 0. The summed E-state index contributed by atoms with van der Waals surface area (Å²) in [4.78, 5) is 23.9. The van der Waals surface area contributed by atoms with Crippen molar-refractivity contribution in [2.45, 2.75) is 6.92 Å². The highest BCUT2D eigenvalue weighted by Crippen LogP contribution is 2.28. The van der Waals surface area contributed by atoms with Crippen LogP contribution in [0.2, 0.25) is 0 Å². The van der Waals surface area contributed by atoms with Crippen molar-refractivity contribution in [1.29, 1.82) is 0 Å². The van der Waals surface area contributed by atoms with Crippen molar-refractivity contribution in [2.24, 2.45) is 0 Å². The third-order valence-corrected chi connectivity index (χ3v) is 5.07. The van der Waals surface area contributed by atoms with E-state index in [1.807, 2.05) is 35.7 Å². The van der Waals surface area contributed by atoms with E-state index < -0.39 is 0 Å². The summed E-state index contributed by atoms with van der Waals surface area (Å²) in [6, 6.07) is 5.71. The molecule has 146 valence electrons. The molecule has 0 atom stereocenters. The normalized spacial score (nSPS) is 14.4. The fourth-order valence-corrected chi connectivity index (χ4v) is 3.71. The Morgan fingerprint density at radius 1 is 1.17 bits per heavy atom. The molecule has 1 amide bonds. The van der Waals surface area contributed by atoms with Crippen LogP contribution in [-0.4, -0.2) is 56.7 Å². The maximum Gasteiger partial charge on any atom is 0.259 e. The summed E-state index contributed by atoms with van der Waals surface area (Å²) in [6.07, 6.45) is 6.92. The number of benzene rings is 1. The summed E-state index contributed by atoms with van der Waals surface area (Å²) in [5.41, 5.74) is 3.75. The molecular formula is C20H20N8O. The lowest BCUT2D eigenvalue weighted by Crippen LogP contribution is -2.43. The molecule has 0 saturated carbocycles. The second-order valence-corrected chi connectivity index (χ2v) is 7.04. The van der Waals surface area contributed by atoms with Gasteiger partial charge in [0, 0.05) is 43.4 Å². The standard InChI is InChI=1S/C20H20N8O/c1-13-11-28-12-17(22-10-18(28)24-13)25-20(29)15-2-3-16(27-8-6-21-7-9-27)14-4-5-23-26-19(14)15/h2-5,10-12,21H,6-9H2,1H3,(H,25,29). The molecule has 29 heavy (non-hydrogen) atoms. The van der Waals surface area contributed by atoms with Crippen molar-refractivity contribution in [3.05, 3.63) is 54.2 Å². The van der Waals surface area contributed by atoms with E-state index in [2.05, 4.69) is 35.7 Å². The van der Waals surface area contributed by atoms with Gasteiger partial charge in [0.2, 0.25) is 0 Å². The number of hydrogen-bond acceptors (Lipinski definition) is 7. The Hall–Kier alpha value is -3.59. The Balaban J connectivity index is 1.49. The van der Waals surface area contributed by atoms with Crippen LogP contribution in [0.4, 0.5) is 11.5 Å². The lowest BCUT2D eigenvalue weighted by molar-refractivity contribution is 0.102. The molecule has 5 rings (SSSR count). The zero-order valence-corrected chi connectivity index (χ0v) is 16.0. The van der Waals surface area contributed by atoms with Crippen LogP contribution >= 0.6 is 0 Å². The third-order valence-electron chi connectivity index (χ3n) is 5.07. The molecular weight excluding hydrogens is 368 g/mol. The van der Waals surface area contributed by atoms with Gasteiger partial charge in [0.1, 0.15) is 11.3 Å². The van der Waals surface area contributed by atoms with Crippen molar-refractivity contribution in [3.63, 3.8) is 0 Å². The van der Waals surface area contributed by atoms with Crippen molar-refractivity contribution >= 4 is 34.0 Å². The summed E-state index contributed by atoms with van der Waals surface area (Å²) in [6.45, 7) is 5.61. The van der Waals surface area contributed by atoms with Gasteiger partial charge < -0.3 is 19.9 Å². The van der Waals surface area contributed by atoms with Crippen LogP contribution in [0.3, 0.4) is 0 Å². The molecule has 2 N–H and O–H groups in total. The van der Waals surface area contributed by atoms with Crippen molar-refractivity contribution < 1.29 is 4.79 Å². The molecule has 0 aliphatic carbocycles. The number of hydrogen-bond donors (Lipinski definition) is 2. The van der Waals surface area contributed by atoms with Gasteiger partial charge in [0.05, 0.1) is 29.8 Å². The number of fused-ring (bicyclic) bond motifs is 2. The van der Waals surface area contributed by atoms with Crippen molar-refractivity contribution in [3.8, 4) is 0 Å². The number of piperazine rings is 1. The maximum atomic E-state index is 13.0. The molecule has 3 aromatic heterocycles. The Morgan fingerprint density at radius 2 is 2.03 bits per heavy atom. The van der Waals surface area contributed by atoms with E-state index in [0.717, 1.165) is 48.6 Å². The number of rotatable bonds is 3. The zero-order chi connectivity index (χ0) is 19.8. The number of aryl methyl sites for hydroxylation is 1. The van der Waals surface area contributed by atoms with E-state index in [9.17, 15) is 4.79 Å². The van der Waals surface area contributed by atoms with Gasteiger partial charge in [0.25, 0.3) is 5.91 Å². The molecule has 0 bridgehead atoms. The molecule has 4 heterocycles.